The second-order valence-electron chi connectivity index (χ2n) is 6.01. The van der Waals surface area contributed by atoms with E-state index in [-0.39, 0.29) is 5.60 Å². The molecule has 0 aromatic carbocycles. The molecule has 0 spiro atoms. The zero-order valence-electron chi connectivity index (χ0n) is 10.9. The SMILES string of the molecule is CC(C)N1CCCCC1C1(O)CCCCC1. The lowest BCUT2D eigenvalue weighted by Gasteiger charge is -2.49. The summed E-state index contributed by atoms with van der Waals surface area (Å²) in [7, 11) is 0. The van der Waals surface area contributed by atoms with Crippen molar-refractivity contribution in [3.8, 4) is 0 Å². The van der Waals surface area contributed by atoms with Gasteiger partial charge in [-0.25, -0.2) is 0 Å². The predicted molar refractivity (Wildman–Crippen MR) is 67.5 cm³/mol. The van der Waals surface area contributed by atoms with Crippen LogP contribution in [0.4, 0.5) is 0 Å². The Bertz CT molecular complexity index is 221. The van der Waals surface area contributed by atoms with E-state index in [0.29, 0.717) is 12.1 Å². The van der Waals surface area contributed by atoms with Crippen LogP contribution >= 0.6 is 0 Å². The standard InChI is InChI=1S/C14H27NO/c1-12(2)15-11-7-4-8-13(15)14(16)9-5-3-6-10-14/h12-13,16H,3-11H2,1-2H3. The van der Waals surface area contributed by atoms with Crippen molar-refractivity contribution in [2.45, 2.75) is 82.9 Å². The van der Waals surface area contributed by atoms with Gasteiger partial charge in [0.25, 0.3) is 0 Å². The third-order valence-corrected chi connectivity index (χ3v) is 4.55. The Labute approximate surface area is 100 Å². The molecule has 0 aromatic heterocycles. The molecule has 2 nitrogen and oxygen atoms in total. The summed E-state index contributed by atoms with van der Waals surface area (Å²) in [6.07, 6.45) is 9.63. The summed E-state index contributed by atoms with van der Waals surface area (Å²) in [5.74, 6) is 0. The van der Waals surface area contributed by atoms with Crippen molar-refractivity contribution in [3.63, 3.8) is 0 Å². The molecule has 1 unspecified atom stereocenters. The van der Waals surface area contributed by atoms with Gasteiger partial charge in [0.15, 0.2) is 0 Å². The van der Waals surface area contributed by atoms with Gasteiger partial charge in [0, 0.05) is 12.1 Å². The molecule has 0 bridgehead atoms. The van der Waals surface area contributed by atoms with E-state index in [1.165, 1.54) is 45.1 Å². The van der Waals surface area contributed by atoms with Gasteiger partial charge in [0.2, 0.25) is 0 Å². The molecule has 1 aliphatic heterocycles. The second kappa shape index (κ2) is 5.05. The summed E-state index contributed by atoms with van der Waals surface area (Å²) >= 11 is 0. The van der Waals surface area contributed by atoms with Gasteiger partial charge < -0.3 is 5.11 Å². The molecule has 94 valence electrons. The van der Waals surface area contributed by atoms with Crippen molar-refractivity contribution in [1.29, 1.82) is 0 Å². The normalized spacial score (nSPS) is 31.9. The lowest BCUT2D eigenvalue weighted by Crippen LogP contribution is -2.57. The van der Waals surface area contributed by atoms with E-state index >= 15 is 0 Å². The van der Waals surface area contributed by atoms with Gasteiger partial charge in [0.1, 0.15) is 0 Å². The molecule has 0 amide bonds. The van der Waals surface area contributed by atoms with Crippen molar-refractivity contribution >= 4 is 0 Å². The van der Waals surface area contributed by atoms with Gasteiger partial charge >= 0.3 is 0 Å². The minimum absolute atomic E-state index is 0.372. The van der Waals surface area contributed by atoms with E-state index in [1.54, 1.807) is 0 Å². The first-order valence-corrected chi connectivity index (χ1v) is 7.11. The Balaban J connectivity index is 2.09. The van der Waals surface area contributed by atoms with Gasteiger partial charge in [-0.15, -0.1) is 0 Å². The number of nitrogens with zero attached hydrogens (tertiary/aromatic N) is 1. The maximum Gasteiger partial charge on any atom is 0.0802 e. The fourth-order valence-electron chi connectivity index (χ4n) is 3.65. The molecule has 2 aliphatic rings. The Hall–Kier alpha value is -0.0800. The maximum atomic E-state index is 10.9. The van der Waals surface area contributed by atoms with Crippen LogP contribution in [-0.2, 0) is 0 Å². The fourth-order valence-corrected chi connectivity index (χ4v) is 3.65. The van der Waals surface area contributed by atoms with Gasteiger partial charge in [-0.05, 0) is 46.1 Å². The smallest absolute Gasteiger partial charge is 0.0802 e. The molecule has 1 heterocycles. The highest BCUT2D eigenvalue weighted by atomic mass is 16.3. The Morgan fingerprint density at radius 1 is 1.06 bits per heavy atom. The summed E-state index contributed by atoms with van der Waals surface area (Å²) in [5.41, 5.74) is -0.372. The fraction of sp³-hybridized carbons (Fsp3) is 1.00. The molecule has 1 saturated heterocycles. The second-order valence-corrected chi connectivity index (χ2v) is 6.01. The average molecular weight is 225 g/mol. The Morgan fingerprint density at radius 3 is 2.38 bits per heavy atom. The molecular weight excluding hydrogens is 198 g/mol. The highest BCUT2D eigenvalue weighted by Crippen LogP contribution is 2.37. The predicted octanol–water partition coefficient (Wildman–Crippen LogP) is 2.94. The third-order valence-electron chi connectivity index (χ3n) is 4.55. The third kappa shape index (κ3) is 2.43. The van der Waals surface area contributed by atoms with Crippen LogP contribution in [0.1, 0.15) is 65.2 Å². The molecule has 0 radical (unpaired) electrons. The summed E-state index contributed by atoms with van der Waals surface area (Å²) in [6, 6.07) is 1.01. The highest BCUT2D eigenvalue weighted by molar-refractivity contribution is 4.97. The average Bonchev–Trinajstić information content (AvgIpc) is 2.30. The van der Waals surface area contributed by atoms with Crippen LogP contribution in [0.5, 0.6) is 0 Å². The molecule has 1 N–H and O–H groups in total. The summed E-state index contributed by atoms with van der Waals surface area (Å²) in [4.78, 5) is 2.55. The number of rotatable bonds is 2. The van der Waals surface area contributed by atoms with E-state index in [2.05, 4.69) is 18.7 Å². The number of aliphatic hydroxyl groups is 1. The Morgan fingerprint density at radius 2 is 1.75 bits per heavy atom. The largest absolute Gasteiger partial charge is 0.388 e. The maximum absolute atomic E-state index is 10.9. The molecule has 0 aromatic rings. The quantitative estimate of drug-likeness (QED) is 0.781. The van der Waals surface area contributed by atoms with E-state index in [9.17, 15) is 5.11 Å². The first kappa shape index (κ1) is 12.4. The van der Waals surface area contributed by atoms with Crippen LogP contribution in [0.25, 0.3) is 0 Å². The first-order chi connectivity index (χ1) is 7.63. The zero-order chi connectivity index (χ0) is 11.6. The van der Waals surface area contributed by atoms with Gasteiger partial charge in [0.05, 0.1) is 5.60 Å². The molecule has 1 saturated carbocycles. The van der Waals surface area contributed by atoms with Crippen LogP contribution in [-0.4, -0.2) is 34.2 Å². The van der Waals surface area contributed by atoms with Crippen molar-refractivity contribution in [1.82, 2.24) is 4.90 Å². The number of piperidine rings is 1. The molecule has 2 fully saturated rings. The number of likely N-dealkylation sites (tertiary alicyclic amines) is 1. The number of hydrogen-bond acceptors (Lipinski definition) is 2. The number of hydrogen-bond donors (Lipinski definition) is 1. The zero-order valence-corrected chi connectivity index (χ0v) is 10.9. The molecular formula is C14H27NO. The van der Waals surface area contributed by atoms with E-state index in [4.69, 9.17) is 0 Å². The van der Waals surface area contributed by atoms with E-state index in [0.717, 1.165) is 12.8 Å². The Kier molecular flexibility index (Phi) is 3.91. The van der Waals surface area contributed by atoms with Crippen LogP contribution in [0.15, 0.2) is 0 Å². The summed E-state index contributed by atoms with van der Waals surface area (Å²) in [5, 5.41) is 10.9. The summed E-state index contributed by atoms with van der Waals surface area (Å²) in [6.45, 7) is 5.72. The first-order valence-electron chi connectivity index (χ1n) is 7.11. The van der Waals surface area contributed by atoms with Crippen molar-refractivity contribution < 1.29 is 5.11 Å². The molecule has 1 aliphatic carbocycles. The van der Waals surface area contributed by atoms with Crippen LogP contribution < -0.4 is 0 Å². The minimum atomic E-state index is -0.372. The minimum Gasteiger partial charge on any atom is -0.388 e. The lowest BCUT2D eigenvalue weighted by atomic mass is 9.75. The molecule has 2 heteroatoms. The van der Waals surface area contributed by atoms with Gasteiger partial charge in [-0.2, -0.15) is 0 Å². The van der Waals surface area contributed by atoms with Gasteiger partial charge in [-0.3, -0.25) is 4.90 Å². The van der Waals surface area contributed by atoms with Crippen molar-refractivity contribution in [3.05, 3.63) is 0 Å². The molecule has 1 atom stereocenters. The van der Waals surface area contributed by atoms with Crippen molar-refractivity contribution in [2.75, 3.05) is 6.54 Å². The summed E-state index contributed by atoms with van der Waals surface area (Å²) < 4.78 is 0. The lowest BCUT2D eigenvalue weighted by molar-refractivity contribution is -0.0930. The van der Waals surface area contributed by atoms with Crippen LogP contribution in [0, 0.1) is 0 Å². The molecule has 16 heavy (non-hydrogen) atoms. The monoisotopic (exact) mass is 225 g/mol. The topological polar surface area (TPSA) is 23.5 Å². The van der Waals surface area contributed by atoms with Gasteiger partial charge in [-0.1, -0.05) is 25.7 Å². The molecule has 2 rings (SSSR count). The van der Waals surface area contributed by atoms with Crippen LogP contribution in [0.2, 0.25) is 0 Å². The highest BCUT2D eigenvalue weighted by Gasteiger charge is 2.42. The van der Waals surface area contributed by atoms with Crippen molar-refractivity contribution in [2.24, 2.45) is 0 Å². The van der Waals surface area contributed by atoms with E-state index < -0.39 is 0 Å². The van der Waals surface area contributed by atoms with E-state index in [1.807, 2.05) is 0 Å². The van der Waals surface area contributed by atoms with Crippen LogP contribution in [0.3, 0.4) is 0 Å².